The van der Waals surface area contributed by atoms with E-state index in [1.54, 1.807) is 6.07 Å². The zero-order valence-corrected chi connectivity index (χ0v) is 16.8. The fourth-order valence-corrected chi connectivity index (χ4v) is 4.26. The Hall–Kier alpha value is -3.46. The van der Waals surface area contributed by atoms with E-state index in [9.17, 15) is 8.78 Å². The van der Waals surface area contributed by atoms with Crippen molar-refractivity contribution in [3.63, 3.8) is 0 Å². The van der Waals surface area contributed by atoms with E-state index in [-0.39, 0.29) is 35.8 Å². The Morgan fingerprint density at radius 2 is 1.71 bits per heavy atom. The lowest BCUT2D eigenvalue weighted by molar-refractivity contribution is -0.286. The van der Waals surface area contributed by atoms with Gasteiger partial charge >= 0.3 is 6.29 Å². The SMILES string of the molecule is Cl.Nc1ncnc2c1c(-c1ccc3c(c1)OC(F)(F)O3)nn2C1Cc2ccccc2C1. The summed E-state index contributed by atoms with van der Waals surface area (Å²) in [6.07, 6.45) is -0.630. The summed E-state index contributed by atoms with van der Waals surface area (Å²) in [7, 11) is 0. The number of ether oxygens (including phenoxy) is 2. The van der Waals surface area contributed by atoms with E-state index in [4.69, 9.17) is 10.8 Å². The van der Waals surface area contributed by atoms with Crippen molar-refractivity contribution in [1.29, 1.82) is 0 Å². The average Bonchev–Trinajstić information content (AvgIpc) is 3.38. The van der Waals surface area contributed by atoms with Gasteiger partial charge < -0.3 is 15.2 Å². The van der Waals surface area contributed by atoms with Crippen LogP contribution in [0.5, 0.6) is 11.5 Å². The van der Waals surface area contributed by atoms with Crippen molar-refractivity contribution in [3.05, 3.63) is 59.9 Å². The lowest BCUT2D eigenvalue weighted by Crippen LogP contribution is -2.25. The van der Waals surface area contributed by atoms with E-state index < -0.39 is 6.29 Å². The molecular formula is C21H16ClF2N5O2. The lowest BCUT2D eigenvalue weighted by Gasteiger charge is -2.10. The van der Waals surface area contributed by atoms with Crippen molar-refractivity contribution in [2.75, 3.05) is 5.73 Å². The van der Waals surface area contributed by atoms with Crippen molar-refractivity contribution in [2.45, 2.75) is 25.2 Å². The number of aromatic nitrogens is 4. The number of nitrogens with two attached hydrogens (primary N) is 1. The Bertz CT molecular complexity index is 1300. The Morgan fingerprint density at radius 3 is 2.45 bits per heavy atom. The lowest BCUT2D eigenvalue weighted by atomic mass is 10.1. The molecule has 2 aromatic carbocycles. The second-order valence-corrected chi connectivity index (χ2v) is 7.41. The van der Waals surface area contributed by atoms with Crippen molar-refractivity contribution >= 4 is 29.3 Å². The van der Waals surface area contributed by atoms with Gasteiger partial charge in [-0.25, -0.2) is 14.6 Å². The number of benzene rings is 2. The van der Waals surface area contributed by atoms with Crippen molar-refractivity contribution in [1.82, 2.24) is 19.7 Å². The van der Waals surface area contributed by atoms with E-state index in [1.165, 1.54) is 29.6 Å². The van der Waals surface area contributed by atoms with Gasteiger partial charge in [-0.2, -0.15) is 5.10 Å². The molecule has 31 heavy (non-hydrogen) atoms. The molecule has 0 amide bonds. The zero-order valence-electron chi connectivity index (χ0n) is 16.0. The molecule has 1 aliphatic heterocycles. The van der Waals surface area contributed by atoms with Crippen molar-refractivity contribution in [3.8, 4) is 22.8 Å². The number of nitrogen functional groups attached to an aromatic ring is 1. The fourth-order valence-electron chi connectivity index (χ4n) is 4.26. The Morgan fingerprint density at radius 1 is 1.00 bits per heavy atom. The molecule has 0 spiro atoms. The van der Waals surface area contributed by atoms with E-state index in [1.807, 2.05) is 16.8 Å². The molecule has 10 heteroatoms. The first kappa shape index (κ1) is 19.5. The number of anilines is 1. The quantitative estimate of drug-likeness (QED) is 0.500. The summed E-state index contributed by atoms with van der Waals surface area (Å²) in [6, 6.07) is 12.9. The number of fused-ring (bicyclic) bond motifs is 3. The van der Waals surface area contributed by atoms with Gasteiger partial charge in [0, 0.05) is 5.56 Å². The van der Waals surface area contributed by atoms with E-state index in [0.717, 1.165) is 12.8 Å². The highest BCUT2D eigenvalue weighted by Crippen LogP contribution is 2.44. The van der Waals surface area contributed by atoms with Crippen LogP contribution in [0.15, 0.2) is 48.8 Å². The van der Waals surface area contributed by atoms with Crippen LogP contribution < -0.4 is 15.2 Å². The van der Waals surface area contributed by atoms with Gasteiger partial charge in [-0.15, -0.1) is 21.2 Å². The molecule has 0 atom stereocenters. The van der Waals surface area contributed by atoms with Crippen molar-refractivity contribution in [2.24, 2.45) is 0 Å². The maximum Gasteiger partial charge on any atom is 0.586 e. The summed E-state index contributed by atoms with van der Waals surface area (Å²) >= 11 is 0. The van der Waals surface area contributed by atoms with Crippen molar-refractivity contribution < 1.29 is 18.3 Å². The Labute approximate surface area is 181 Å². The first-order valence-corrected chi connectivity index (χ1v) is 9.44. The first-order chi connectivity index (χ1) is 14.5. The summed E-state index contributed by atoms with van der Waals surface area (Å²) in [5.41, 5.74) is 10.4. The smallest absolute Gasteiger partial charge is 0.395 e. The summed E-state index contributed by atoms with van der Waals surface area (Å²) in [4.78, 5) is 8.53. The molecule has 158 valence electrons. The highest BCUT2D eigenvalue weighted by Gasteiger charge is 2.43. The fraction of sp³-hybridized carbons (Fsp3) is 0.190. The van der Waals surface area contributed by atoms with Crippen LogP contribution in [0.2, 0.25) is 0 Å². The molecule has 0 unspecified atom stereocenters. The number of rotatable bonds is 2. The van der Waals surface area contributed by atoms with Gasteiger partial charge in [-0.1, -0.05) is 24.3 Å². The number of alkyl halides is 2. The topological polar surface area (TPSA) is 88.1 Å². The molecule has 2 N–H and O–H groups in total. The molecule has 0 fully saturated rings. The standard InChI is InChI=1S/C21H15F2N5O2.ClH/c22-21(23)29-15-6-5-13(9-16(15)30-21)18-17-19(24)25-10-26-20(17)28(27-18)14-7-11-3-1-2-4-12(11)8-14;/h1-6,9-10,14H,7-8H2,(H2,24,25,26);1H. The molecule has 4 aromatic rings. The monoisotopic (exact) mass is 443 g/mol. The van der Waals surface area contributed by atoms with Crippen LogP contribution in [0.3, 0.4) is 0 Å². The zero-order chi connectivity index (χ0) is 20.5. The molecule has 1 aliphatic carbocycles. The molecule has 0 radical (unpaired) electrons. The number of halogens is 3. The van der Waals surface area contributed by atoms with Gasteiger partial charge in [-0.3, -0.25) is 0 Å². The minimum atomic E-state index is -3.68. The van der Waals surface area contributed by atoms with Crippen LogP contribution >= 0.6 is 12.4 Å². The third kappa shape index (κ3) is 3.04. The van der Waals surface area contributed by atoms with Crippen LogP contribution in [0.1, 0.15) is 17.2 Å². The van der Waals surface area contributed by atoms with Gasteiger partial charge in [0.25, 0.3) is 0 Å². The van der Waals surface area contributed by atoms with Crippen LogP contribution in [-0.4, -0.2) is 26.0 Å². The number of nitrogens with zero attached hydrogens (tertiary/aromatic N) is 4. The highest BCUT2D eigenvalue weighted by molar-refractivity contribution is 5.98. The molecular weight excluding hydrogens is 428 g/mol. The second-order valence-electron chi connectivity index (χ2n) is 7.41. The first-order valence-electron chi connectivity index (χ1n) is 9.44. The predicted octanol–water partition coefficient (Wildman–Crippen LogP) is 4.16. The van der Waals surface area contributed by atoms with E-state index >= 15 is 0 Å². The van der Waals surface area contributed by atoms with Gasteiger partial charge in [0.2, 0.25) is 0 Å². The van der Waals surface area contributed by atoms with Gasteiger partial charge in [0.15, 0.2) is 17.1 Å². The number of hydrogen-bond donors (Lipinski definition) is 1. The number of hydrogen-bond acceptors (Lipinski definition) is 6. The molecule has 0 saturated heterocycles. The van der Waals surface area contributed by atoms with Gasteiger partial charge in [0.1, 0.15) is 17.8 Å². The van der Waals surface area contributed by atoms with Crippen LogP contribution in [0.25, 0.3) is 22.3 Å². The molecule has 0 bridgehead atoms. The molecule has 2 aliphatic rings. The van der Waals surface area contributed by atoms with Crippen LogP contribution in [0.4, 0.5) is 14.6 Å². The molecule has 6 rings (SSSR count). The Balaban J connectivity index is 0.00000204. The highest BCUT2D eigenvalue weighted by atomic mass is 35.5. The molecule has 7 nitrogen and oxygen atoms in total. The van der Waals surface area contributed by atoms with E-state index in [2.05, 4.69) is 31.6 Å². The summed E-state index contributed by atoms with van der Waals surface area (Å²) in [6.45, 7) is 0. The third-order valence-electron chi connectivity index (χ3n) is 5.57. The van der Waals surface area contributed by atoms with Crippen LogP contribution in [-0.2, 0) is 12.8 Å². The van der Waals surface area contributed by atoms with Gasteiger partial charge in [0.05, 0.1) is 11.4 Å². The van der Waals surface area contributed by atoms with Crippen LogP contribution in [0, 0.1) is 0 Å². The summed E-state index contributed by atoms with van der Waals surface area (Å²) in [5, 5.41) is 5.38. The summed E-state index contributed by atoms with van der Waals surface area (Å²) in [5.74, 6) is 0.201. The van der Waals surface area contributed by atoms with E-state index in [0.29, 0.717) is 22.3 Å². The minimum absolute atomic E-state index is 0. The molecule has 2 aromatic heterocycles. The molecule has 0 saturated carbocycles. The minimum Gasteiger partial charge on any atom is -0.395 e. The second kappa shape index (κ2) is 6.78. The Kier molecular flexibility index (Phi) is 4.26. The largest absolute Gasteiger partial charge is 0.586 e. The summed E-state index contributed by atoms with van der Waals surface area (Å²) < 4.78 is 37.8. The average molecular weight is 444 g/mol. The maximum atomic E-state index is 13.4. The predicted molar refractivity (Wildman–Crippen MR) is 112 cm³/mol. The normalized spacial score (nSPS) is 16.3. The third-order valence-corrected chi connectivity index (χ3v) is 5.57. The molecule has 3 heterocycles. The van der Waals surface area contributed by atoms with Gasteiger partial charge in [-0.05, 0) is 42.2 Å². The maximum absolute atomic E-state index is 13.4.